The summed E-state index contributed by atoms with van der Waals surface area (Å²) in [6, 6.07) is 0. The third kappa shape index (κ3) is 37.6. The first kappa shape index (κ1) is 62.7. The van der Waals surface area contributed by atoms with E-state index < -0.39 is 49.4 Å². The van der Waals surface area contributed by atoms with E-state index in [1.807, 2.05) is 0 Å². The zero-order valence-corrected chi connectivity index (χ0v) is 43.2. The Balaban J connectivity index is 2.19. The first-order valence-corrected chi connectivity index (χ1v) is 28.6. The molecule has 1 saturated heterocycles. The van der Waals surface area contributed by atoms with Crippen molar-refractivity contribution < 1.29 is 49.0 Å². The van der Waals surface area contributed by atoms with E-state index in [-0.39, 0.29) is 32.0 Å². The van der Waals surface area contributed by atoms with Crippen molar-refractivity contribution in [2.45, 2.75) is 327 Å². The molecule has 6 atom stereocenters. The molecular formula is C56H108O10. The maximum Gasteiger partial charge on any atom is 0.306 e. The molecule has 0 saturated carbocycles. The summed E-state index contributed by atoms with van der Waals surface area (Å²) >= 11 is 0. The smallest absolute Gasteiger partial charge is 0.306 e. The summed E-state index contributed by atoms with van der Waals surface area (Å²) in [4.78, 5) is 25.5. The van der Waals surface area contributed by atoms with Crippen LogP contribution in [0, 0.1) is 0 Å². The van der Waals surface area contributed by atoms with Crippen LogP contribution in [0.4, 0.5) is 0 Å². The van der Waals surface area contributed by atoms with E-state index in [1.165, 1.54) is 225 Å². The van der Waals surface area contributed by atoms with Gasteiger partial charge in [-0.3, -0.25) is 9.59 Å². The van der Waals surface area contributed by atoms with Gasteiger partial charge in [-0.25, -0.2) is 0 Å². The molecule has 4 N–H and O–H groups in total. The van der Waals surface area contributed by atoms with Crippen molar-refractivity contribution in [3.8, 4) is 0 Å². The fraction of sp³-hybridized carbons (Fsp3) is 0.964. The van der Waals surface area contributed by atoms with Crippen LogP contribution in [-0.4, -0.2) is 89.0 Å². The molecule has 0 aromatic carbocycles. The van der Waals surface area contributed by atoms with Gasteiger partial charge in [0.2, 0.25) is 0 Å². The molecular weight excluding hydrogens is 833 g/mol. The molecule has 0 aromatic rings. The SMILES string of the molecule is CCCCCCCCCCCCCCCCCCCCCCCC(=O)OC[C@@H](CO[C@H]1O[C@@H](CO)[C@@H](O)C(O)C1O)OC(=O)CCCCCCCCCCCCCCCCCCCCCC. The van der Waals surface area contributed by atoms with Gasteiger partial charge < -0.3 is 39.4 Å². The number of rotatable bonds is 50. The minimum absolute atomic E-state index is 0.208. The standard InChI is InChI=1S/C56H108O10/c1-3-5-7-9-11-13-15-17-19-21-23-25-27-28-30-32-34-36-38-40-42-44-51(58)63-47-49(48-64-56-55(62)54(61)53(60)50(46-57)66-56)65-52(59)45-43-41-39-37-35-33-31-29-26-24-22-20-18-16-14-12-10-8-6-4-2/h49-50,53-57,60-62H,3-48H2,1-2H3/t49-,50-,53+,54?,55?,56-/m0/s1. The van der Waals surface area contributed by atoms with E-state index in [1.54, 1.807) is 0 Å². The highest BCUT2D eigenvalue weighted by Gasteiger charge is 2.44. The Labute approximate surface area is 406 Å². The van der Waals surface area contributed by atoms with Gasteiger partial charge in [-0.05, 0) is 12.8 Å². The predicted octanol–water partition coefficient (Wildman–Crippen LogP) is 14.1. The van der Waals surface area contributed by atoms with Crippen LogP contribution in [0.2, 0.25) is 0 Å². The van der Waals surface area contributed by atoms with Gasteiger partial charge in [-0.2, -0.15) is 0 Å². The number of hydrogen-bond donors (Lipinski definition) is 4. The number of carbonyl (C=O) groups excluding carboxylic acids is 2. The van der Waals surface area contributed by atoms with Crippen molar-refractivity contribution in [3.63, 3.8) is 0 Å². The number of carbonyl (C=O) groups is 2. The van der Waals surface area contributed by atoms with Gasteiger partial charge in [0.15, 0.2) is 12.4 Å². The topological polar surface area (TPSA) is 152 Å². The van der Waals surface area contributed by atoms with Crippen LogP contribution < -0.4 is 0 Å². The average molecular weight is 941 g/mol. The highest BCUT2D eigenvalue weighted by molar-refractivity contribution is 5.70. The number of ether oxygens (including phenoxy) is 4. The van der Waals surface area contributed by atoms with E-state index in [0.717, 1.165) is 32.1 Å². The van der Waals surface area contributed by atoms with E-state index in [2.05, 4.69) is 13.8 Å². The van der Waals surface area contributed by atoms with Crippen molar-refractivity contribution in [1.29, 1.82) is 0 Å². The van der Waals surface area contributed by atoms with Crippen LogP contribution in [0.3, 0.4) is 0 Å². The van der Waals surface area contributed by atoms with E-state index in [9.17, 15) is 30.0 Å². The summed E-state index contributed by atoms with van der Waals surface area (Å²) in [5, 5.41) is 40.3. The van der Waals surface area contributed by atoms with Gasteiger partial charge in [0.25, 0.3) is 0 Å². The molecule has 10 nitrogen and oxygen atoms in total. The van der Waals surface area contributed by atoms with Crippen molar-refractivity contribution >= 4 is 11.9 Å². The van der Waals surface area contributed by atoms with Gasteiger partial charge in [0.05, 0.1) is 13.2 Å². The zero-order valence-electron chi connectivity index (χ0n) is 43.2. The molecule has 1 rings (SSSR count). The van der Waals surface area contributed by atoms with Crippen LogP contribution >= 0.6 is 0 Å². The van der Waals surface area contributed by atoms with Gasteiger partial charge in [-0.15, -0.1) is 0 Å². The quantitative estimate of drug-likeness (QED) is 0.0343. The number of unbranched alkanes of at least 4 members (excludes halogenated alkanes) is 39. The second kappa shape index (κ2) is 47.4. The lowest BCUT2D eigenvalue weighted by Gasteiger charge is -2.39. The van der Waals surface area contributed by atoms with E-state index in [0.29, 0.717) is 6.42 Å². The molecule has 2 unspecified atom stereocenters. The lowest BCUT2D eigenvalue weighted by Crippen LogP contribution is -2.59. The van der Waals surface area contributed by atoms with Crippen LogP contribution in [0.5, 0.6) is 0 Å². The molecule has 10 heteroatoms. The van der Waals surface area contributed by atoms with Crippen molar-refractivity contribution in [1.82, 2.24) is 0 Å². The monoisotopic (exact) mass is 941 g/mol. The molecule has 0 spiro atoms. The minimum atomic E-state index is -1.59. The summed E-state index contributed by atoms with van der Waals surface area (Å²) < 4.78 is 22.3. The molecule has 0 radical (unpaired) electrons. The number of esters is 2. The molecule has 392 valence electrons. The van der Waals surface area contributed by atoms with Gasteiger partial charge in [0, 0.05) is 12.8 Å². The second-order valence-corrected chi connectivity index (χ2v) is 20.1. The Morgan fingerprint density at radius 1 is 0.409 bits per heavy atom. The van der Waals surface area contributed by atoms with Crippen molar-refractivity contribution in [2.24, 2.45) is 0 Å². The summed E-state index contributed by atoms with van der Waals surface area (Å²) in [6.45, 7) is 3.50. The third-order valence-electron chi connectivity index (χ3n) is 13.7. The Hall–Kier alpha value is -1.30. The highest BCUT2D eigenvalue weighted by Crippen LogP contribution is 2.23. The molecule has 1 aliphatic rings. The molecule has 0 aliphatic carbocycles. The van der Waals surface area contributed by atoms with Gasteiger partial charge in [-0.1, -0.05) is 264 Å². The normalized spacial score (nSPS) is 19.0. The van der Waals surface area contributed by atoms with Gasteiger partial charge >= 0.3 is 11.9 Å². The average Bonchev–Trinajstić information content (AvgIpc) is 3.32. The molecule has 1 aliphatic heterocycles. The Bertz CT molecular complexity index is 1040. The van der Waals surface area contributed by atoms with Crippen LogP contribution in [-0.2, 0) is 28.5 Å². The van der Waals surface area contributed by atoms with Crippen molar-refractivity contribution in [3.05, 3.63) is 0 Å². The fourth-order valence-corrected chi connectivity index (χ4v) is 9.25. The molecule has 1 heterocycles. The number of aliphatic hydroxyl groups excluding tert-OH is 4. The van der Waals surface area contributed by atoms with Gasteiger partial charge in [0.1, 0.15) is 31.0 Å². The maximum absolute atomic E-state index is 12.9. The van der Waals surface area contributed by atoms with E-state index in [4.69, 9.17) is 18.9 Å². The van der Waals surface area contributed by atoms with E-state index >= 15 is 0 Å². The summed E-state index contributed by atoms with van der Waals surface area (Å²) in [6.07, 6.45) is 45.5. The summed E-state index contributed by atoms with van der Waals surface area (Å²) in [5.41, 5.74) is 0. The minimum Gasteiger partial charge on any atom is -0.462 e. The number of hydrogen-bond acceptors (Lipinski definition) is 10. The van der Waals surface area contributed by atoms with Crippen LogP contribution in [0.1, 0.15) is 290 Å². The number of aliphatic hydroxyl groups is 4. The van der Waals surface area contributed by atoms with Crippen LogP contribution in [0.25, 0.3) is 0 Å². The largest absolute Gasteiger partial charge is 0.462 e. The first-order chi connectivity index (χ1) is 32.3. The second-order valence-electron chi connectivity index (χ2n) is 20.1. The molecule has 0 amide bonds. The maximum atomic E-state index is 12.9. The zero-order chi connectivity index (χ0) is 48.0. The Morgan fingerprint density at radius 2 is 0.712 bits per heavy atom. The molecule has 0 aromatic heterocycles. The predicted molar refractivity (Wildman–Crippen MR) is 270 cm³/mol. The van der Waals surface area contributed by atoms with Crippen molar-refractivity contribution in [2.75, 3.05) is 19.8 Å². The Kier molecular flexibility index (Phi) is 45.0. The molecule has 66 heavy (non-hydrogen) atoms. The summed E-state index contributed by atoms with van der Waals surface area (Å²) in [7, 11) is 0. The molecule has 0 bridgehead atoms. The third-order valence-corrected chi connectivity index (χ3v) is 13.7. The summed E-state index contributed by atoms with van der Waals surface area (Å²) in [5.74, 6) is -0.781. The Morgan fingerprint density at radius 3 is 1.03 bits per heavy atom. The highest BCUT2D eigenvalue weighted by atomic mass is 16.7. The lowest BCUT2D eigenvalue weighted by atomic mass is 9.99. The lowest BCUT2D eigenvalue weighted by molar-refractivity contribution is -0.305. The van der Waals surface area contributed by atoms with Crippen LogP contribution in [0.15, 0.2) is 0 Å². The fourth-order valence-electron chi connectivity index (χ4n) is 9.25. The molecule has 1 fully saturated rings. The first-order valence-electron chi connectivity index (χ1n) is 28.6.